The Hall–Kier alpha value is -0.980. The molecule has 0 spiro atoms. The highest BCUT2D eigenvalue weighted by Crippen LogP contribution is 2.11. The molecule has 3 N–H and O–H groups in total. The predicted molar refractivity (Wildman–Crippen MR) is 77.4 cm³/mol. The van der Waals surface area contributed by atoms with Gasteiger partial charge in [0.15, 0.2) is 6.10 Å². The zero-order valence-corrected chi connectivity index (χ0v) is 12.8. The quantitative estimate of drug-likeness (QED) is 0.285. The van der Waals surface area contributed by atoms with Crippen molar-refractivity contribution in [2.24, 2.45) is 0 Å². The minimum Gasteiger partial charge on any atom is -0.393 e. The fourth-order valence-electron chi connectivity index (χ4n) is 1.92. The molecular weight excluding hydrogens is 276 g/mol. The van der Waals surface area contributed by atoms with Crippen LogP contribution in [-0.4, -0.2) is 46.1 Å². The molecule has 0 saturated carbocycles. The summed E-state index contributed by atoms with van der Waals surface area (Å²) < 4.78 is 4.34. The number of aliphatic hydroxyl groups excluding tert-OH is 3. The van der Waals surface area contributed by atoms with Crippen LogP contribution < -0.4 is 0 Å². The van der Waals surface area contributed by atoms with Crippen molar-refractivity contribution < 1.29 is 29.6 Å². The third kappa shape index (κ3) is 11.4. The molecule has 21 heavy (non-hydrogen) atoms. The van der Waals surface area contributed by atoms with Crippen LogP contribution in [0.1, 0.15) is 64.7 Å². The number of hydrogen-bond acceptors (Lipinski definition) is 6. The first-order chi connectivity index (χ1) is 10.0. The Balaban J connectivity index is 3.59. The second kappa shape index (κ2) is 12.7. The third-order valence-corrected chi connectivity index (χ3v) is 3.22. The van der Waals surface area contributed by atoms with Crippen molar-refractivity contribution in [3.8, 4) is 0 Å². The van der Waals surface area contributed by atoms with Gasteiger partial charge in [0.1, 0.15) is 0 Å². The maximum atomic E-state index is 11.3. The van der Waals surface area contributed by atoms with Gasteiger partial charge in [0, 0.05) is 6.42 Å². The van der Waals surface area contributed by atoms with Gasteiger partial charge in [-0.25, -0.2) is 4.79 Å². The van der Waals surface area contributed by atoms with Crippen LogP contribution in [0.5, 0.6) is 0 Å². The highest BCUT2D eigenvalue weighted by Gasteiger charge is 2.19. The second-order valence-electron chi connectivity index (χ2n) is 5.24. The van der Waals surface area contributed by atoms with Gasteiger partial charge >= 0.3 is 11.9 Å². The van der Waals surface area contributed by atoms with Gasteiger partial charge in [0.2, 0.25) is 0 Å². The molecule has 0 aliphatic rings. The van der Waals surface area contributed by atoms with E-state index in [9.17, 15) is 14.7 Å². The molecule has 6 nitrogen and oxygen atoms in total. The Kier molecular flexibility index (Phi) is 12.1. The van der Waals surface area contributed by atoms with E-state index >= 15 is 0 Å². The lowest BCUT2D eigenvalue weighted by Gasteiger charge is -2.10. The van der Waals surface area contributed by atoms with Gasteiger partial charge in [0.05, 0.1) is 12.7 Å². The highest BCUT2D eigenvalue weighted by atomic mass is 16.6. The average Bonchev–Trinajstić information content (AvgIpc) is 2.46. The Bertz CT molecular complexity index is 292. The Morgan fingerprint density at radius 1 is 1.00 bits per heavy atom. The smallest absolute Gasteiger partial charge is 0.345 e. The summed E-state index contributed by atoms with van der Waals surface area (Å²) in [6, 6.07) is 0. The maximum absolute atomic E-state index is 11.3. The van der Waals surface area contributed by atoms with E-state index in [1.54, 1.807) is 0 Å². The van der Waals surface area contributed by atoms with E-state index in [2.05, 4.69) is 11.7 Å². The zero-order valence-electron chi connectivity index (χ0n) is 12.8. The van der Waals surface area contributed by atoms with Crippen LogP contribution in [0.3, 0.4) is 0 Å². The van der Waals surface area contributed by atoms with Crippen LogP contribution >= 0.6 is 0 Å². The molecule has 0 amide bonds. The van der Waals surface area contributed by atoms with E-state index in [0.29, 0.717) is 12.8 Å². The molecule has 124 valence electrons. The molecule has 2 atom stereocenters. The SMILES string of the molecule is CCCCCCCC(O)CCCC(=O)OC(=O)C(O)CO. The molecule has 0 heterocycles. The van der Waals surface area contributed by atoms with E-state index in [1.807, 2.05) is 0 Å². The molecule has 0 fully saturated rings. The minimum atomic E-state index is -1.68. The van der Waals surface area contributed by atoms with Gasteiger partial charge in [-0.2, -0.15) is 0 Å². The van der Waals surface area contributed by atoms with Crippen LogP contribution in [0.25, 0.3) is 0 Å². The molecule has 0 saturated heterocycles. The van der Waals surface area contributed by atoms with E-state index in [1.165, 1.54) is 19.3 Å². The molecular formula is C15H28O6. The topological polar surface area (TPSA) is 104 Å². The summed E-state index contributed by atoms with van der Waals surface area (Å²) in [5.41, 5.74) is 0. The summed E-state index contributed by atoms with van der Waals surface area (Å²) in [5, 5.41) is 27.2. The van der Waals surface area contributed by atoms with Crippen molar-refractivity contribution in [3.63, 3.8) is 0 Å². The normalized spacial score (nSPS) is 13.7. The van der Waals surface area contributed by atoms with Crippen molar-refractivity contribution >= 4 is 11.9 Å². The van der Waals surface area contributed by atoms with Crippen LogP contribution in [0.15, 0.2) is 0 Å². The van der Waals surface area contributed by atoms with Crippen LogP contribution in [0.2, 0.25) is 0 Å². The lowest BCUT2D eigenvalue weighted by atomic mass is 10.0. The van der Waals surface area contributed by atoms with Gasteiger partial charge in [0.25, 0.3) is 0 Å². The second-order valence-corrected chi connectivity index (χ2v) is 5.24. The Morgan fingerprint density at radius 2 is 1.62 bits per heavy atom. The summed E-state index contributed by atoms with van der Waals surface area (Å²) in [4.78, 5) is 22.3. The number of carbonyl (C=O) groups excluding carboxylic acids is 2. The number of hydrogen-bond donors (Lipinski definition) is 3. The van der Waals surface area contributed by atoms with Crippen LogP contribution in [-0.2, 0) is 14.3 Å². The molecule has 0 aliphatic carbocycles. The summed E-state index contributed by atoms with van der Waals surface area (Å²) in [6.45, 7) is 1.38. The van der Waals surface area contributed by atoms with E-state index in [0.717, 1.165) is 19.3 Å². The predicted octanol–water partition coefficient (Wildman–Crippen LogP) is 1.30. The Labute approximate surface area is 126 Å². The minimum absolute atomic E-state index is 0.0107. The van der Waals surface area contributed by atoms with E-state index in [4.69, 9.17) is 10.2 Å². The molecule has 0 aliphatic heterocycles. The Morgan fingerprint density at radius 3 is 2.24 bits per heavy atom. The summed E-state index contributed by atoms with van der Waals surface area (Å²) in [6.07, 6.45) is 5.22. The van der Waals surface area contributed by atoms with E-state index < -0.39 is 30.8 Å². The number of rotatable bonds is 12. The van der Waals surface area contributed by atoms with Gasteiger partial charge in [-0.15, -0.1) is 0 Å². The first-order valence-electron chi connectivity index (χ1n) is 7.72. The van der Waals surface area contributed by atoms with Crippen molar-refractivity contribution in [2.45, 2.75) is 76.9 Å². The van der Waals surface area contributed by atoms with E-state index in [-0.39, 0.29) is 6.42 Å². The monoisotopic (exact) mass is 304 g/mol. The zero-order chi connectivity index (χ0) is 16.1. The number of unbranched alkanes of at least 4 members (excludes halogenated alkanes) is 4. The molecule has 6 heteroatoms. The number of esters is 2. The molecule has 0 bridgehead atoms. The fraction of sp³-hybridized carbons (Fsp3) is 0.867. The highest BCUT2D eigenvalue weighted by molar-refractivity contribution is 5.87. The van der Waals surface area contributed by atoms with Crippen LogP contribution in [0.4, 0.5) is 0 Å². The summed E-state index contributed by atoms with van der Waals surface area (Å²) in [7, 11) is 0. The van der Waals surface area contributed by atoms with Crippen LogP contribution in [0, 0.1) is 0 Å². The lowest BCUT2D eigenvalue weighted by Crippen LogP contribution is -2.28. The molecule has 0 radical (unpaired) electrons. The van der Waals surface area contributed by atoms with Crippen molar-refractivity contribution in [2.75, 3.05) is 6.61 Å². The van der Waals surface area contributed by atoms with Crippen molar-refractivity contribution in [1.29, 1.82) is 0 Å². The average molecular weight is 304 g/mol. The molecule has 0 aromatic heterocycles. The lowest BCUT2D eigenvalue weighted by molar-refractivity contribution is -0.167. The molecule has 0 aromatic carbocycles. The van der Waals surface area contributed by atoms with Gasteiger partial charge in [-0.1, -0.05) is 39.0 Å². The van der Waals surface area contributed by atoms with Gasteiger partial charge in [-0.05, 0) is 19.3 Å². The largest absolute Gasteiger partial charge is 0.393 e. The number of aliphatic hydroxyl groups is 3. The molecule has 0 aromatic rings. The number of carbonyl (C=O) groups is 2. The summed E-state index contributed by atoms with van der Waals surface area (Å²) >= 11 is 0. The first kappa shape index (κ1) is 20.0. The van der Waals surface area contributed by atoms with Crippen molar-refractivity contribution in [3.05, 3.63) is 0 Å². The first-order valence-corrected chi connectivity index (χ1v) is 7.72. The van der Waals surface area contributed by atoms with Gasteiger partial charge in [-0.3, -0.25) is 4.79 Å². The van der Waals surface area contributed by atoms with Crippen molar-refractivity contribution in [1.82, 2.24) is 0 Å². The molecule has 2 unspecified atom stereocenters. The third-order valence-electron chi connectivity index (χ3n) is 3.22. The van der Waals surface area contributed by atoms with Gasteiger partial charge < -0.3 is 20.1 Å². The number of ether oxygens (including phenoxy) is 1. The molecule has 0 rings (SSSR count). The fourth-order valence-corrected chi connectivity index (χ4v) is 1.92. The maximum Gasteiger partial charge on any atom is 0.345 e. The summed E-state index contributed by atoms with van der Waals surface area (Å²) in [5.74, 6) is -1.89. The standard InChI is InChI=1S/C15H28O6/c1-2-3-4-5-6-8-12(17)9-7-10-14(19)21-15(20)13(18)11-16/h12-13,16-18H,2-11H2,1H3.